The smallest absolute Gasteiger partial charge is 0.232 e. The van der Waals surface area contributed by atoms with Crippen molar-refractivity contribution in [3.63, 3.8) is 0 Å². The number of piperidine rings is 1. The van der Waals surface area contributed by atoms with Crippen LogP contribution in [0.2, 0.25) is 0 Å². The van der Waals surface area contributed by atoms with Gasteiger partial charge in [-0.3, -0.25) is 9.59 Å². The average molecular weight is 564 g/mol. The Morgan fingerprint density at radius 1 is 0.976 bits per heavy atom. The van der Waals surface area contributed by atoms with E-state index in [-0.39, 0.29) is 29.6 Å². The van der Waals surface area contributed by atoms with E-state index in [9.17, 15) is 9.59 Å². The molecule has 0 N–H and O–H groups in total. The molecule has 3 aromatic rings. The van der Waals surface area contributed by atoms with Gasteiger partial charge in [-0.2, -0.15) is 0 Å². The standard InChI is InChI=1S/C36H41N3O3/c1-42-32-13-7-9-28(25-32)16-22-38-27-30(26-34(38)40)35(41)39(31-11-3-2-4-12-31)21-8-20-37-23-18-36(19-24-37)17-15-29-10-5-6-14-33(29)36/h2-7,9-15,17,25,30H,8,16,18-24,26-27H2,1H3. The van der Waals surface area contributed by atoms with Crippen molar-refractivity contribution in [2.24, 2.45) is 5.92 Å². The van der Waals surface area contributed by atoms with Gasteiger partial charge in [0.1, 0.15) is 5.75 Å². The summed E-state index contributed by atoms with van der Waals surface area (Å²) in [6.45, 7) is 4.84. The maximum absolute atomic E-state index is 13.9. The SMILES string of the molecule is COc1cccc(CCN2CC(C(=O)N(CCCN3CCC4(C=Cc5ccccc54)CC3)c3ccccc3)CC2=O)c1. The first kappa shape index (κ1) is 28.2. The summed E-state index contributed by atoms with van der Waals surface area (Å²) in [5.74, 6) is 0.626. The summed E-state index contributed by atoms with van der Waals surface area (Å²) in [6.07, 6.45) is 8.92. The van der Waals surface area contributed by atoms with Gasteiger partial charge in [0.25, 0.3) is 0 Å². The lowest BCUT2D eigenvalue weighted by molar-refractivity contribution is -0.128. The summed E-state index contributed by atoms with van der Waals surface area (Å²) < 4.78 is 5.33. The van der Waals surface area contributed by atoms with Crippen LogP contribution in [0.25, 0.3) is 6.08 Å². The number of anilines is 1. The fourth-order valence-electron chi connectivity index (χ4n) is 6.94. The average Bonchev–Trinajstić information content (AvgIpc) is 3.59. The van der Waals surface area contributed by atoms with Crippen LogP contribution in [0.1, 0.15) is 42.4 Å². The first-order valence-corrected chi connectivity index (χ1v) is 15.3. The molecule has 2 amide bonds. The van der Waals surface area contributed by atoms with Crippen LogP contribution < -0.4 is 9.64 Å². The molecule has 3 aliphatic rings. The zero-order valence-corrected chi connectivity index (χ0v) is 24.6. The Kier molecular flexibility index (Phi) is 8.43. The zero-order valence-electron chi connectivity index (χ0n) is 24.6. The lowest BCUT2D eigenvalue weighted by Gasteiger charge is -2.39. The van der Waals surface area contributed by atoms with Crippen molar-refractivity contribution >= 4 is 23.6 Å². The molecule has 42 heavy (non-hydrogen) atoms. The van der Waals surface area contributed by atoms with Gasteiger partial charge in [-0.1, -0.05) is 66.7 Å². The number of allylic oxidation sites excluding steroid dienone is 1. The molecule has 2 heterocycles. The highest BCUT2D eigenvalue weighted by molar-refractivity contribution is 5.99. The third-order valence-corrected chi connectivity index (χ3v) is 9.39. The highest BCUT2D eigenvalue weighted by atomic mass is 16.5. The highest BCUT2D eigenvalue weighted by Crippen LogP contribution is 2.43. The molecule has 0 bridgehead atoms. The number of carbonyl (C=O) groups is 2. The summed E-state index contributed by atoms with van der Waals surface area (Å²) in [4.78, 5) is 33.1. The molecule has 0 aromatic heterocycles. The topological polar surface area (TPSA) is 53.1 Å². The Balaban J connectivity index is 1.04. The third-order valence-electron chi connectivity index (χ3n) is 9.39. The number of carbonyl (C=O) groups excluding carboxylic acids is 2. The molecule has 1 atom stereocenters. The minimum atomic E-state index is -0.313. The molecule has 0 saturated carbocycles. The zero-order chi connectivity index (χ0) is 28.9. The molecule has 1 aliphatic carbocycles. The fourth-order valence-corrected chi connectivity index (χ4v) is 6.94. The molecule has 1 unspecified atom stereocenters. The van der Waals surface area contributed by atoms with Gasteiger partial charge >= 0.3 is 0 Å². The van der Waals surface area contributed by atoms with Crippen molar-refractivity contribution in [1.29, 1.82) is 0 Å². The molecule has 2 saturated heterocycles. The van der Waals surface area contributed by atoms with Gasteiger partial charge in [-0.05, 0) is 86.3 Å². The largest absolute Gasteiger partial charge is 0.497 e. The predicted molar refractivity (Wildman–Crippen MR) is 168 cm³/mol. The first-order chi connectivity index (χ1) is 20.5. The summed E-state index contributed by atoms with van der Waals surface area (Å²) >= 11 is 0. The summed E-state index contributed by atoms with van der Waals surface area (Å²) in [5, 5.41) is 0. The van der Waals surface area contributed by atoms with Gasteiger partial charge in [-0.25, -0.2) is 0 Å². The Hall–Kier alpha value is -3.90. The van der Waals surface area contributed by atoms with Crippen molar-refractivity contribution in [2.75, 3.05) is 51.3 Å². The summed E-state index contributed by atoms with van der Waals surface area (Å²) in [5.41, 5.74) is 5.07. The number of amides is 2. The monoisotopic (exact) mass is 563 g/mol. The summed E-state index contributed by atoms with van der Waals surface area (Å²) in [6, 6.07) is 26.7. The van der Waals surface area contributed by atoms with E-state index < -0.39 is 0 Å². The molecule has 0 radical (unpaired) electrons. The number of nitrogens with zero attached hydrogens (tertiary/aromatic N) is 3. The molecule has 218 valence electrons. The van der Waals surface area contributed by atoms with Crippen LogP contribution in [0, 0.1) is 5.92 Å². The van der Waals surface area contributed by atoms with Gasteiger partial charge in [0.05, 0.1) is 13.0 Å². The minimum Gasteiger partial charge on any atom is -0.497 e. The van der Waals surface area contributed by atoms with Crippen LogP contribution in [0.15, 0.2) is 84.9 Å². The Bertz CT molecular complexity index is 1430. The van der Waals surface area contributed by atoms with E-state index in [4.69, 9.17) is 4.74 Å². The second kappa shape index (κ2) is 12.5. The molecule has 2 aliphatic heterocycles. The third kappa shape index (κ3) is 6.00. The number of methoxy groups -OCH3 is 1. The maximum Gasteiger partial charge on any atom is 0.232 e. The van der Waals surface area contributed by atoms with E-state index >= 15 is 0 Å². The van der Waals surface area contributed by atoms with E-state index in [0.29, 0.717) is 19.6 Å². The molecule has 1 spiro atoms. The van der Waals surface area contributed by atoms with Crippen molar-refractivity contribution in [3.05, 3.63) is 102 Å². The van der Waals surface area contributed by atoms with Crippen LogP contribution in [0.3, 0.4) is 0 Å². The Morgan fingerprint density at radius 2 is 1.76 bits per heavy atom. The lowest BCUT2D eigenvalue weighted by Crippen LogP contribution is -2.43. The highest BCUT2D eigenvalue weighted by Gasteiger charge is 2.38. The Morgan fingerprint density at radius 3 is 2.57 bits per heavy atom. The number of hydrogen-bond donors (Lipinski definition) is 0. The second-order valence-electron chi connectivity index (χ2n) is 11.9. The normalized spacial score (nSPS) is 19.3. The van der Waals surface area contributed by atoms with E-state index in [1.807, 2.05) is 64.4 Å². The van der Waals surface area contributed by atoms with Gasteiger partial charge in [0, 0.05) is 37.2 Å². The molecule has 6 heteroatoms. The molecule has 6 rings (SSSR count). The van der Waals surface area contributed by atoms with E-state index in [1.54, 1.807) is 7.11 Å². The number of ether oxygens (including phenoxy) is 1. The van der Waals surface area contributed by atoms with Crippen molar-refractivity contribution in [1.82, 2.24) is 9.80 Å². The number of benzene rings is 3. The summed E-state index contributed by atoms with van der Waals surface area (Å²) in [7, 11) is 1.66. The number of fused-ring (bicyclic) bond motifs is 2. The predicted octanol–water partition coefficient (Wildman–Crippen LogP) is 5.57. The molecular formula is C36H41N3O3. The van der Waals surface area contributed by atoms with Gasteiger partial charge in [-0.15, -0.1) is 0 Å². The number of likely N-dealkylation sites (tertiary alicyclic amines) is 2. The number of rotatable bonds is 10. The van der Waals surface area contributed by atoms with E-state index in [1.165, 1.54) is 11.1 Å². The number of para-hydroxylation sites is 1. The van der Waals surface area contributed by atoms with Crippen molar-refractivity contribution < 1.29 is 14.3 Å². The van der Waals surface area contributed by atoms with Crippen LogP contribution in [-0.4, -0.2) is 68.0 Å². The molecular weight excluding hydrogens is 522 g/mol. The molecule has 6 nitrogen and oxygen atoms in total. The number of hydrogen-bond acceptors (Lipinski definition) is 4. The van der Waals surface area contributed by atoms with Crippen molar-refractivity contribution in [2.45, 2.75) is 37.5 Å². The van der Waals surface area contributed by atoms with Crippen LogP contribution in [0.4, 0.5) is 5.69 Å². The van der Waals surface area contributed by atoms with Crippen molar-refractivity contribution in [3.8, 4) is 5.75 Å². The maximum atomic E-state index is 13.9. The van der Waals surface area contributed by atoms with Crippen LogP contribution in [-0.2, 0) is 21.4 Å². The minimum absolute atomic E-state index is 0.0590. The Labute approximate surface area is 249 Å². The molecule has 3 aromatic carbocycles. The first-order valence-electron chi connectivity index (χ1n) is 15.3. The van der Waals surface area contributed by atoms with E-state index in [2.05, 4.69) is 41.3 Å². The second-order valence-corrected chi connectivity index (χ2v) is 11.9. The van der Waals surface area contributed by atoms with Gasteiger partial charge < -0.3 is 19.4 Å². The van der Waals surface area contributed by atoms with Crippen LogP contribution in [0.5, 0.6) is 5.75 Å². The van der Waals surface area contributed by atoms with E-state index in [0.717, 1.165) is 62.3 Å². The van der Waals surface area contributed by atoms with Gasteiger partial charge in [0.2, 0.25) is 11.8 Å². The fraction of sp³-hybridized carbons (Fsp3) is 0.389. The lowest BCUT2D eigenvalue weighted by atomic mass is 9.74. The quantitative estimate of drug-likeness (QED) is 0.324. The van der Waals surface area contributed by atoms with Gasteiger partial charge in [0.15, 0.2) is 0 Å². The van der Waals surface area contributed by atoms with Crippen LogP contribution >= 0.6 is 0 Å². The molecule has 2 fully saturated rings.